The molecule has 4 rings (SSSR count). The second-order valence-electron chi connectivity index (χ2n) is 7.15. The zero-order chi connectivity index (χ0) is 21.8. The molecule has 0 bridgehead atoms. The normalized spacial score (nSPS) is 10.8. The van der Waals surface area contributed by atoms with Crippen molar-refractivity contribution in [1.82, 2.24) is 14.8 Å². The first-order valence-electron chi connectivity index (χ1n) is 9.78. The quantitative estimate of drug-likeness (QED) is 0.333. The van der Waals surface area contributed by atoms with Crippen LogP contribution in [0.3, 0.4) is 0 Å². The third kappa shape index (κ3) is 5.06. The summed E-state index contributed by atoms with van der Waals surface area (Å²) >= 11 is 4.84. The molecule has 0 radical (unpaired) electrons. The molecule has 7 heteroatoms. The minimum atomic E-state index is -0.0909. The highest BCUT2D eigenvalue weighted by molar-refractivity contribution is 9.10. The van der Waals surface area contributed by atoms with Gasteiger partial charge >= 0.3 is 0 Å². The number of carbonyl (C=O) groups is 1. The summed E-state index contributed by atoms with van der Waals surface area (Å²) in [6, 6.07) is 23.9. The SMILES string of the molecule is Cc1cccc(-n2c(SCC(=O)Nc3ccc(Br)c(C)c3)nnc2-c2ccccc2)c1. The number of aryl methyl sites for hydroxylation is 2. The second kappa shape index (κ2) is 9.49. The lowest BCUT2D eigenvalue weighted by atomic mass is 10.2. The fourth-order valence-electron chi connectivity index (χ4n) is 3.19. The number of amides is 1. The van der Waals surface area contributed by atoms with E-state index in [0.717, 1.165) is 38.4 Å². The molecule has 0 fully saturated rings. The number of aromatic nitrogens is 3. The third-order valence-electron chi connectivity index (χ3n) is 4.70. The van der Waals surface area contributed by atoms with Crippen molar-refractivity contribution in [3.05, 3.63) is 88.4 Å². The Balaban J connectivity index is 1.58. The van der Waals surface area contributed by atoms with Crippen LogP contribution in [0.25, 0.3) is 17.1 Å². The van der Waals surface area contributed by atoms with E-state index in [1.54, 1.807) is 0 Å². The van der Waals surface area contributed by atoms with Gasteiger partial charge < -0.3 is 5.32 Å². The molecular formula is C24H21BrN4OS. The summed E-state index contributed by atoms with van der Waals surface area (Å²) in [6.07, 6.45) is 0. The molecule has 156 valence electrons. The molecule has 0 spiro atoms. The Morgan fingerprint density at radius 2 is 1.81 bits per heavy atom. The smallest absolute Gasteiger partial charge is 0.234 e. The summed E-state index contributed by atoms with van der Waals surface area (Å²) < 4.78 is 3.02. The standard InChI is InChI=1S/C24H21BrN4OS/c1-16-7-6-10-20(13-16)29-23(18-8-4-3-5-9-18)27-28-24(29)31-15-22(30)26-19-11-12-21(25)17(2)14-19/h3-14H,15H2,1-2H3,(H,26,30). The minimum Gasteiger partial charge on any atom is -0.325 e. The van der Waals surface area contributed by atoms with E-state index < -0.39 is 0 Å². The second-order valence-corrected chi connectivity index (χ2v) is 8.94. The third-order valence-corrected chi connectivity index (χ3v) is 6.52. The van der Waals surface area contributed by atoms with Crippen molar-refractivity contribution in [2.45, 2.75) is 19.0 Å². The summed E-state index contributed by atoms with van der Waals surface area (Å²) in [4.78, 5) is 12.6. The number of benzene rings is 3. The van der Waals surface area contributed by atoms with Gasteiger partial charge in [0.15, 0.2) is 11.0 Å². The van der Waals surface area contributed by atoms with Crippen LogP contribution in [0.1, 0.15) is 11.1 Å². The van der Waals surface area contributed by atoms with E-state index in [4.69, 9.17) is 0 Å². The van der Waals surface area contributed by atoms with Crippen LogP contribution in [0.5, 0.6) is 0 Å². The van der Waals surface area contributed by atoms with Crippen LogP contribution in [0.15, 0.2) is 82.4 Å². The first kappa shape index (κ1) is 21.3. The average Bonchev–Trinajstić information content (AvgIpc) is 3.19. The minimum absolute atomic E-state index is 0.0909. The molecule has 0 aliphatic heterocycles. The molecule has 4 aromatic rings. The average molecular weight is 493 g/mol. The number of carbonyl (C=O) groups excluding carboxylic acids is 1. The number of nitrogens with one attached hydrogen (secondary N) is 1. The summed E-state index contributed by atoms with van der Waals surface area (Å²) in [6.45, 7) is 4.04. The summed E-state index contributed by atoms with van der Waals surface area (Å²) in [5.74, 6) is 0.887. The predicted molar refractivity (Wildman–Crippen MR) is 130 cm³/mol. The Kier molecular flexibility index (Phi) is 6.53. The van der Waals surface area contributed by atoms with Crippen molar-refractivity contribution in [2.75, 3.05) is 11.1 Å². The Morgan fingerprint density at radius 1 is 1.00 bits per heavy atom. The molecule has 1 aromatic heterocycles. The molecule has 1 heterocycles. The molecule has 31 heavy (non-hydrogen) atoms. The Hall–Kier alpha value is -2.90. The lowest BCUT2D eigenvalue weighted by Gasteiger charge is -2.11. The molecule has 3 aromatic carbocycles. The van der Waals surface area contributed by atoms with Crippen LogP contribution in [0.4, 0.5) is 5.69 Å². The topological polar surface area (TPSA) is 59.8 Å². The number of anilines is 1. The van der Waals surface area contributed by atoms with Crippen LogP contribution < -0.4 is 5.32 Å². The maximum Gasteiger partial charge on any atom is 0.234 e. The fraction of sp³-hybridized carbons (Fsp3) is 0.125. The molecule has 0 saturated heterocycles. The van der Waals surface area contributed by atoms with Gasteiger partial charge in [-0.15, -0.1) is 10.2 Å². The largest absolute Gasteiger partial charge is 0.325 e. The highest BCUT2D eigenvalue weighted by Crippen LogP contribution is 2.28. The zero-order valence-electron chi connectivity index (χ0n) is 17.2. The van der Waals surface area contributed by atoms with Gasteiger partial charge in [-0.25, -0.2) is 0 Å². The Bertz CT molecular complexity index is 1220. The predicted octanol–water partition coefficient (Wildman–Crippen LogP) is 6.04. The highest BCUT2D eigenvalue weighted by atomic mass is 79.9. The van der Waals surface area contributed by atoms with Crippen molar-refractivity contribution < 1.29 is 4.79 Å². The summed E-state index contributed by atoms with van der Waals surface area (Å²) in [7, 11) is 0. The number of rotatable bonds is 6. The van der Waals surface area contributed by atoms with Gasteiger partial charge in [0.2, 0.25) is 5.91 Å². The molecule has 0 atom stereocenters. The zero-order valence-corrected chi connectivity index (χ0v) is 19.6. The Labute approximate surface area is 194 Å². The van der Waals surface area contributed by atoms with Crippen molar-refractivity contribution in [1.29, 1.82) is 0 Å². The van der Waals surface area contributed by atoms with Gasteiger partial charge in [0.25, 0.3) is 0 Å². The van der Waals surface area contributed by atoms with Gasteiger partial charge in [-0.3, -0.25) is 9.36 Å². The maximum absolute atomic E-state index is 12.6. The van der Waals surface area contributed by atoms with E-state index in [9.17, 15) is 4.79 Å². The molecule has 0 aliphatic carbocycles. The number of halogens is 1. The van der Waals surface area contributed by atoms with Crippen LogP contribution in [-0.4, -0.2) is 26.4 Å². The van der Waals surface area contributed by atoms with E-state index in [-0.39, 0.29) is 11.7 Å². The van der Waals surface area contributed by atoms with Crippen molar-refractivity contribution in [2.24, 2.45) is 0 Å². The lowest BCUT2D eigenvalue weighted by Crippen LogP contribution is -2.14. The molecule has 0 saturated carbocycles. The van der Waals surface area contributed by atoms with E-state index in [1.165, 1.54) is 11.8 Å². The van der Waals surface area contributed by atoms with Crippen LogP contribution in [0.2, 0.25) is 0 Å². The Morgan fingerprint density at radius 3 is 2.55 bits per heavy atom. The van der Waals surface area contributed by atoms with Crippen molar-refractivity contribution >= 4 is 39.3 Å². The monoisotopic (exact) mass is 492 g/mol. The first-order chi connectivity index (χ1) is 15.0. The maximum atomic E-state index is 12.6. The number of hydrogen-bond donors (Lipinski definition) is 1. The van der Waals surface area contributed by atoms with Crippen LogP contribution >= 0.6 is 27.7 Å². The number of hydrogen-bond acceptors (Lipinski definition) is 4. The van der Waals surface area contributed by atoms with Gasteiger partial charge in [0.05, 0.1) is 5.75 Å². The van der Waals surface area contributed by atoms with Gasteiger partial charge in [-0.2, -0.15) is 0 Å². The van der Waals surface area contributed by atoms with Gasteiger partial charge in [-0.1, -0.05) is 70.2 Å². The molecule has 0 unspecified atom stereocenters. The van der Waals surface area contributed by atoms with Gasteiger partial charge in [0.1, 0.15) is 0 Å². The van der Waals surface area contributed by atoms with Crippen molar-refractivity contribution in [3.8, 4) is 17.1 Å². The number of nitrogens with zero attached hydrogens (tertiary/aromatic N) is 3. The van der Waals surface area contributed by atoms with Gasteiger partial charge in [0, 0.05) is 21.4 Å². The molecule has 1 N–H and O–H groups in total. The lowest BCUT2D eigenvalue weighted by molar-refractivity contribution is -0.113. The highest BCUT2D eigenvalue weighted by Gasteiger charge is 2.17. The summed E-state index contributed by atoms with van der Waals surface area (Å²) in [5.41, 5.74) is 4.92. The van der Waals surface area contributed by atoms with Gasteiger partial charge in [-0.05, 0) is 55.3 Å². The van der Waals surface area contributed by atoms with Crippen LogP contribution in [-0.2, 0) is 4.79 Å². The van der Waals surface area contributed by atoms with E-state index >= 15 is 0 Å². The van der Waals surface area contributed by atoms with Crippen LogP contribution in [0, 0.1) is 13.8 Å². The number of thioether (sulfide) groups is 1. The first-order valence-corrected chi connectivity index (χ1v) is 11.6. The molecule has 0 aliphatic rings. The summed E-state index contributed by atoms with van der Waals surface area (Å²) in [5, 5.41) is 12.4. The molecule has 1 amide bonds. The van der Waals surface area contributed by atoms with E-state index in [2.05, 4.69) is 50.5 Å². The molecular weight excluding hydrogens is 472 g/mol. The molecule has 5 nitrogen and oxygen atoms in total. The van der Waals surface area contributed by atoms with Crippen molar-refractivity contribution in [3.63, 3.8) is 0 Å². The van der Waals surface area contributed by atoms with E-state index in [1.807, 2.05) is 72.2 Å². The van der Waals surface area contributed by atoms with E-state index in [0.29, 0.717) is 5.16 Å². The fourth-order valence-corrected chi connectivity index (χ4v) is 4.19.